The Labute approximate surface area is 186 Å². The van der Waals surface area contributed by atoms with E-state index < -0.39 is 0 Å². The number of benzene rings is 2. The maximum atomic E-state index is 12.4. The van der Waals surface area contributed by atoms with Crippen LogP contribution in [0.5, 0.6) is 5.75 Å². The standard InChI is InChI=1S/C25H24N2O3S/c1-16-5-10-22(25-21(28)12-17(2)24(16)25)30-14-23(29)27-19-6-8-20(9-7-19)31-15-18-4-3-11-26-13-18/h3-11,13,17H,12,14-15H2,1-2H3,(H,27,29)/t17-/m1/s1. The lowest BCUT2D eigenvalue weighted by Crippen LogP contribution is -2.20. The van der Waals surface area contributed by atoms with Gasteiger partial charge in [0.25, 0.3) is 5.91 Å². The summed E-state index contributed by atoms with van der Waals surface area (Å²) in [6.07, 6.45) is 4.12. The van der Waals surface area contributed by atoms with Crippen molar-refractivity contribution in [1.29, 1.82) is 0 Å². The van der Waals surface area contributed by atoms with Gasteiger partial charge in [0.05, 0.1) is 5.56 Å². The first-order chi connectivity index (χ1) is 15.0. The lowest BCUT2D eigenvalue weighted by atomic mass is 9.97. The fourth-order valence-corrected chi connectivity index (χ4v) is 4.69. The van der Waals surface area contributed by atoms with Gasteiger partial charge < -0.3 is 10.1 Å². The number of nitrogens with zero attached hydrogens (tertiary/aromatic N) is 1. The van der Waals surface area contributed by atoms with Crippen molar-refractivity contribution in [2.45, 2.75) is 36.8 Å². The Morgan fingerprint density at radius 3 is 2.74 bits per heavy atom. The highest BCUT2D eigenvalue weighted by molar-refractivity contribution is 7.98. The summed E-state index contributed by atoms with van der Waals surface area (Å²) in [6.45, 7) is 3.91. The number of anilines is 1. The summed E-state index contributed by atoms with van der Waals surface area (Å²) in [5, 5.41) is 2.84. The molecular weight excluding hydrogens is 408 g/mol. The number of carbonyl (C=O) groups excluding carboxylic acids is 2. The van der Waals surface area contributed by atoms with Crippen LogP contribution in [0.2, 0.25) is 0 Å². The number of aryl methyl sites for hydroxylation is 1. The molecule has 3 aromatic rings. The SMILES string of the molecule is Cc1ccc(OCC(=O)Nc2ccc(SCc3cccnc3)cc2)c2c1[C@H](C)CC2=O. The van der Waals surface area contributed by atoms with Crippen LogP contribution in [0.4, 0.5) is 5.69 Å². The molecule has 1 atom stereocenters. The number of rotatable bonds is 7. The number of pyridine rings is 1. The first-order valence-corrected chi connectivity index (χ1v) is 11.2. The number of carbonyl (C=O) groups is 2. The van der Waals surface area contributed by atoms with Gasteiger partial charge in [0.1, 0.15) is 5.75 Å². The number of Topliss-reactive ketones (excluding diaryl/α,β-unsaturated/α-hetero) is 1. The quantitative estimate of drug-likeness (QED) is 0.507. The van der Waals surface area contributed by atoms with Gasteiger partial charge in [-0.05, 0) is 65.9 Å². The Morgan fingerprint density at radius 2 is 2.00 bits per heavy atom. The number of hydrogen-bond donors (Lipinski definition) is 1. The van der Waals surface area contributed by atoms with Gasteiger partial charge in [-0.2, -0.15) is 0 Å². The highest BCUT2D eigenvalue weighted by Gasteiger charge is 2.31. The zero-order valence-electron chi connectivity index (χ0n) is 17.6. The first-order valence-electron chi connectivity index (χ1n) is 10.2. The minimum absolute atomic E-state index is 0.0842. The molecule has 4 rings (SSSR count). The Morgan fingerprint density at radius 1 is 1.19 bits per heavy atom. The fraction of sp³-hybridized carbons (Fsp3) is 0.240. The number of fused-ring (bicyclic) bond motifs is 1. The van der Waals surface area contributed by atoms with Crippen LogP contribution in [0.3, 0.4) is 0 Å². The Kier molecular flexibility index (Phi) is 6.37. The van der Waals surface area contributed by atoms with E-state index in [2.05, 4.69) is 10.3 Å². The summed E-state index contributed by atoms with van der Waals surface area (Å²) in [5.41, 5.74) is 4.64. The number of nitrogens with one attached hydrogen (secondary N) is 1. The van der Waals surface area contributed by atoms with Crippen LogP contribution < -0.4 is 10.1 Å². The molecule has 1 heterocycles. The first kappa shape index (κ1) is 21.1. The van der Waals surface area contributed by atoms with Crippen LogP contribution in [0.15, 0.2) is 65.8 Å². The molecule has 0 aliphatic heterocycles. The van der Waals surface area contributed by atoms with E-state index in [0.29, 0.717) is 23.4 Å². The van der Waals surface area contributed by atoms with Crippen LogP contribution in [0.25, 0.3) is 0 Å². The van der Waals surface area contributed by atoms with Crippen molar-refractivity contribution in [3.8, 4) is 5.75 Å². The summed E-state index contributed by atoms with van der Waals surface area (Å²) in [5.74, 6) is 1.34. The molecule has 31 heavy (non-hydrogen) atoms. The Balaban J connectivity index is 1.32. The van der Waals surface area contributed by atoms with E-state index in [9.17, 15) is 9.59 Å². The largest absolute Gasteiger partial charge is 0.483 e. The molecule has 0 saturated heterocycles. The lowest BCUT2D eigenvalue weighted by molar-refractivity contribution is -0.118. The molecule has 1 N–H and O–H groups in total. The smallest absolute Gasteiger partial charge is 0.262 e. The second-order valence-corrected chi connectivity index (χ2v) is 8.76. The van der Waals surface area contributed by atoms with Crippen molar-refractivity contribution in [3.63, 3.8) is 0 Å². The Hall–Kier alpha value is -3.12. The molecular formula is C25H24N2O3S. The highest BCUT2D eigenvalue weighted by Crippen LogP contribution is 2.40. The van der Waals surface area contributed by atoms with Crippen LogP contribution >= 0.6 is 11.8 Å². The number of hydrogen-bond acceptors (Lipinski definition) is 5. The number of amides is 1. The maximum Gasteiger partial charge on any atom is 0.262 e. The predicted molar refractivity (Wildman–Crippen MR) is 123 cm³/mol. The van der Waals surface area contributed by atoms with Crippen molar-refractivity contribution in [2.24, 2.45) is 0 Å². The normalized spacial score (nSPS) is 14.9. The molecule has 5 nitrogen and oxygen atoms in total. The predicted octanol–water partition coefficient (Wildman–Crippen LogP) is 5.39. The summed E-state index contributed by atoms with van der Waals surface area (Å²) in [4.78, 5) is 30.0. The van der Waals surface area contributed by atoms with E-state index >= 15 is 0 Å². The fourth-order valence-electron chi connectivity index (χ4n) is 3.85. The van der Waals surface area contributed by atoms with Gasteiger partial charge >= 0.3 is 0 Å². The lowest BCUT2D eigenvalue weighted by Gasteiger charge is -2.13. The molecule has 1 amide bonds. The summed E-state index contributed by atoms with van der Waals surface area (Å²) < 4.78 is 5.72. The van der Waals surface area contributed by atoms with Crippen molar-refractivity contribution in [1.82, 2.24) is 4.98 Å². The monoisotopic (exact) mass is 432 g/mol. The van der Waals surface area contributed by atoms with Crippen molar-refractivity contribution >= 4 is 29.1 Å². The zero-order valence-corrected chi connectivity index (χ0v) is 18.4. The maximum absolute atomic E-state index is 12.4. The molecule has 0 spiro atoms. The number of ether oxygens (including phenoxy) is 1. The zero-order chi connectivity index (χ0) is 21.8. The topological polar surface area (TPSA) is 68.3 Å². The van der Waals surface area contributed by atoms with Crippen LogP contribution in [-0.4, -0.2) is 23.3 Å². The van der Waals surface area contributed by atoms with Crippen LogP contribution in [-0.2, 0) is 10.5 Å². The van der Waals surface area contributed by atoms with E-state index in [4.69, 9.17) is 4.74 Å². The summed E-state index contributed by atoms with van der Waals surface area (Å²) >= 11 is 1.71. The van der Waals surface area contributed by atoms with Gasteiger partial charge in [0.15, 0.2) is 12.4 Å². The second-order valence-electron chi connectivity index (χ2n) is 7.71. The van der Waals surface area contributed by atoms with E-state index in [1.807, 2.05) is 62.5 Å². The minimum Gasteiger partial charge on any atom is -0.483 e. The number of aromatic nitrogens is 1. The molecule has 6 heteroatoms. The summed E-state index contributed by atoms with van der Waals surface area (Å²) in [6, 6.07) is 15.4. The molecule has 2 aromatic carbocycles. The third-order valence-corrected chi connectivity index (χ3v) is 6.40. The number of thioether (sulfide) groups is 1. The van der Waals surface area contributed by atoms with E-state index in [0.717, 1.165) is 27.3 Å². The molecule has 1 aromatic heterocycles. The van der Waals surface area contributed by atoms with Gasteiger partial charge in [-0.25, -0.2) is 0 Å². The molecule has 1 aliphatic carbocycles. The van der Waals surface area contributed by atoms with Crippen LogP contribution in [0, 0.1) is 6.92 Å². The van der Waals surface area contributed by atoms with E-state index in [1.54, 1.807) is 24.0 Å². The third kappa shape index (κ3) is 4.97. The van der Waals surface area contributed by atoms with E-state index in [1.165, 1.54) is 0 Å². The van der Waals surface area contributed by atoms with E-state index in [-0.39, 0.29) is 24.2 Å². The third-order valence-electron chi connectivity index (χ3n) is 5.31. The van der Waals surface area contributed by atoms with Crippen molar-refractivity contribution < 1.29 is 14.3 Å². The van der Waals surface area contributed by atoms with Crippen molar-refractivity contribution in [3.05, 3.63) is 83.2 Å². The molecule has 0 bridgehead atoms. The molecule has 0 saturated carbocycles. The van der Waals surface area contributed by atoms with Gasteiger partial charge in [-0.3, -0.25) is 14.6 Å². The van der Waals surface area contributed by atoms with Gasteiger partial charge in [-0.15, -0.1) is 11.8 Å². The average Bonchev–Trinajstić information content (AvgIpc) is 3.08. The second kappa shape index (κ2) is 9.35. The average molecular weight is 433 g/mol. The highest BCUT2D eigenvalue weighted by atomic mass is 32.2. The summed E-state index contributed by atoms with van der Waals surface area (Å²) in [7, 11) is 0. The van der Waals surface area contributed by atoms with Crippen LogP contribution in [0.1, 0.15) is 46.3 Å². The number of ketones is 1. The Bertz CT molecular complexity index is 1100. The van der Waals surface area contributed by atoms with Crippen molar-refractivity contribution in [2.75, 3.05) is 11.9 Å². The van der Waals surface area contributed by atoms with Gasteiger partial charge in [-0.1, -0.05) is 19.1 Å². The molecule has 1 aliphatic rings. The molecule has 0 radical (unpaired) electrons. The van der Waals surface area contributed by atoms with Gasteiger partial charge in [0.2, 0.25) is 0 Å². The minimum atomic E-state index is -0.261. The molecule has 158 valence electrons. The molecule has 0 fully saturated rings. The molecule has 0 unspecified atom stereocenters. The van der Waals surface area contributed by atoms with Gasteiger partial charge in [0, 0.05) is 35.2 Å².